The van der Waals surface area contributed by atoms with Crippen molar-refractivity contribution >= 4 is 16.7 Å². The minimum Gasteiger partial charge on any atom is -0.360 e. The van der Waals surface area contributed by atoms with Gasteiger partial charge < -0.3 is 9.55 Å². The number of para-hydroxylation sites is 1. The third kappa shape index (κ3) is 2.87. The lowest BCUT2D eigenvalue weighted by molar-refractivity contribution is 0.104. The molecule has 5 rings (SSSR count). The Morgan fingerprint density at radius 1 is 1.00 bits per heavy atom. The molecule has 28 heavy (non-hydrogen) atoms. The van der Waals surface area contributed by atoms with Crippen molar-refractivity contribution in [1.82, 2.24) is 19.5 Å². The van der Waals surface area contributed by atoms with Gasteiger partial charge in [-0.2, -0.15) is 0 Å². The van der Waals surface area contributed by atoms with Crippen LogP contribution in [0.2, 0.25) is 0 Å². The van der Waals surface area contributed by atoms with Crippen LogP contribution in [-0.2, 0) is 6.54 Å². The molecule has 2 aliphatic rings. The van der Waals surface area contributed by atoms with E-state index in [1.165, 1.54) is 0 Å². The van der Waals surface area contributed by atoms with E-state index >= 15 is 0 Å². The van der Waals surface area contributed by atoms with Crippen molar-refractivity contribution in [1.29, 1.82) is 0 Å². The van der Waals surface area contributed by atoms with E-state index < -0.39 is 0 Å². The standard InChI is InChI=1S/C23H18N4O/c1-15-25-21-10-11-27(14-22(21)26-15)13-16-6-8-17(9-7-16)23(28)19-12-24-20-5-3-2-4-18(19)20/h2-12,14,24H,13H2,1H3. The summed E-state index contributed by atoms with van der Waals surface area (Å²) in [5.74, 6) is 0.813. The Morgan fingerprint density at radius 3 is 2.64 bits per heavy atom. The maximum absolute atomic E-state index is 12.9. The molecule has 0 bridgehead atoms. The number of hydrogen-bond acceptors (Lipinski definition) is 3. The molecule has 136 valence electrons. The first-order chi connectivity index (χ1) is 13.7. The quantitative estimate of drug-likeness (QED) is 0.478. The number of carbonyl (C=O) groups excluding carboxylic acids is 1. The van der Waals surface area contributed by atoms with E-state index in [4.69, 9.17) is 0 Å². The van der Waals surface area contributed by atoms with Gasteiger partial charge in [0, 0.05) is 47.2 Å². The SMILES string of the molecule is Cc1nc2ccn(Cc3ccc(C(=O)c4c[nH]c5ccccc45)cc3)cc-2n1. The minimum absolute atomic E-state index is 0.0283. The highest BCUT2D eigenvalue weighted by atomic mass is 16.1. The average Bonchev–Trinajstić information content (AvgIpc) is 3.30. The van der Waals surface area contributed by atoms with Crippen molar-refractivity contribution in [2.75, 3.05) is 0 Å². The van der Waals surface area contributed by atoms with Crippen LogP contribution in [-0.4, -0.2) is 25.3 Å². The zero-order chi connectivity index (χ0) is 19.1. The lowest BCUT2D eigenvalue weighted by atomic mass is 10.0. The van der Waals surface area contributed by atoms with E-state index in [-0.39, 0.29) is 5.78 Å². The number of hydrogen-bond donors (Lipinski definition) is 1. The van der Waals surface area contributed by atoms with Gasteiger partial charge in [-0.05, 0) is 24.6 Å². The van der Waals surface area contributed by atoms with Crippen LogP contribution in [0.1, 0.15) is 27.3 Å². The normalized spacial score (nSPS) is 11.3. The van der Waals surface area contributed by atoms with E-state index in [9.17, 15) is 4.79 Å². The summed E-state index contributed by atoms with van der Waals surface area (Å²) in [4.78, 5) is 24.9. The number of H-pyrrole nitrogens is 1. The van der Waals surface area contributed by atoms with Gasteiger partial charge in [0.05, 0.1) is 5.69 Å². The second-order valence-corrected chi connectivity index (χ2v) is 6.93. The Balaban J connectivity index is 1.39. The first-order valence-electron chi connectivity index (χ1n) is 9.17. The molecule has 2 aromatic carbocycles. The summed E-state index contributed by atoms with van der Waals surface area (Å²) in [7, 11) is 0. The molecule has 3 aromatic rings. The van der Waals surface area contributed by atoms with Gasteiger partial charge in [-0.3, -0.25) is 4.79 Å². The summed E-state index contributed by atoms with van der Waals surface area (Å²) in [6.07, 6.45) is 5.79. The number of aromatic nitrogens is 4. The molecule has 5 nitrogen and oxygen atoms in total. The fraction of sp³-hybridized carbons (Fsp3) is 0.0870. The highest BCUT2D eigenvalue weighted by Crippen LogP contribution is 2.22. The van der Waals surface area contributed by atoms with Crippen LogP contribution < -0.4 is 0 Å². The van der Waals surface area contributed by atoms with Crippen molar-refractivity contribution in [2.45, 2.75) is 13.5 Å². The van der Waals surface area contributed by atoms with Crippen molar-refractivity contribution in [3.05, 3.63) is 95.7 Å². The number of aromatic amines is 1. The Labute approximate surface area is 162 Å². The number of aryl methyl sites for hydroxylation is 1. The summed E-state index contributed by atoms with van der Waals surface area (Å²) in [5.41, 5.74) is 5.29. The van der Waals surface area contributed by atoms with Gasteiger partial charge in [0.15, 0.2) is 5.78 Å². The number of benzene rings is 2. The van der Waals surface area contributed by atoms with Crippen molar-refractivity contribution in [2.24, 2.45) is 0 Å². The number of nitrogens with zero attached hydrogens (tertiary/aromatic N) is 3. The molecule has 0 saturated carbocycles. The monoisotopic (exact) mass is 366 g/mol. The molecule has 0 fully saturated rings. The molecule has 1 aromatic heterocycles. The Morgan fingerprint density at radius 2 is 1.79 bits per heavy atom. The summed E-state index contributed by atoms with van der Waals surface area (Å²) in [5, 5.41) is 0.950. The largest absolute Gasteiger partial charge is 0.360 e. The molecule has 5 heteroatoms. The van der Waals surface area contributed by atoms with E-state index in [0.29, 0.717) is 17.7 Å². The number of fused-ring (bicyclic) bond motifs is 2. The number of rotatable bonds is 4. The predicted octanol–water partition coefficient (Wildman–Crippen LogP) is 4.45. The topological polar surface area (TPSA) is 63.6 Å². The molecule has 1 N–H and O–H groups in total. The van der Waals surface area contributed by atoms with Gasteiger partial charge in [-0.15, -0.1) is 0 Å². The van der Waals surface area contributed by atoms with Gasteiger partial charge in [-0.1, -0.05) is 42.5 Å². The lowest BCUT2D eigenvalue weighted by Crippen LogP contribution is -2.03. The van der Waals surface area contributed by atoms with Crippen LogP contribution in [0.15, 0.2) is 73.2 Å². The number of carbonyl (C=O) groups is 1. The number of nitrogens with one attached hydrogen (secondary N) is 1. The van der Waals surface area contributed by atoms with Gasteiger partial charge in [-0.25, -0.2) is 9.97 Å². The second kappa shape index (κ2) is 6.46. The first-order valence-corrected chi connectivity index (χ1v) is 9.17. The molecule has 0 unspecified atom stereocenters. The molecule has 0 aliphatic carbocycles. The highest BCUT2D eigenvalue weighted by Gasteiger charge is 2.14. The molecule has 0 atom stereocenters. The van der Waals surface area contributed by atoms with Crippen molar-refractivity contribution in [3.63, 3.8) is 0 Å². The highest BCUT2D eigenvalue weighted by molar-refractivity contribution is 6.16. The maximum atomic E-state index is 12.9. The average molecular weight is 366 g/mol. The van der Waals surface area contributed by atoms with Crippen molar-refractivity contribution in [3.8, 4) is 11.4 Å². The zero-order valence-electron chi connectivity index (χ0n) is 15.4. The number of imidazole rings is 1. The van der Waals surface area contributed by atoms with Crippen LogP contribution in [0.3, 0.4) is 0 Å². The van der Waals surface area contributed by atoms with Crippen LogP contribution in [0, 0.1) is 6.92 Å². The van der Waals surface area contributed by atoms with E-state index in [1.54, 1.807) is 6.20 Å². The maximum Gasteiger partial charge on any atom is 0.195 e. The summed E-state index contributed by atoms with van der Waals surface area (Å²) in [6, 6.07) is 17.6. The summed E-state index contributed by atoms with van der Waals surface area (Å²) >= 11 is 0. The summed E-state index contributed by atoms with van der Waals surface area (Å²) in [6.45, 7) is 2.61. The van der Waals surface area contributed by atoms with Crippen LogP contribution in [0.25, 0.3) is 22.3 Å². The molecule has 3 heterocycles. The van der Waals surface area contributed by atoms with Crippen LogP contribution in [0.5, 0.6) is 0 Å². The first kappa shape index (κ1) is 16.4. The van der Waals surface area contributed by atoms with E-state index in [1.807, 2.05) is 73.9 Å². The van der Waals surface area contributed by atoms with Crippen LogP contribution in [0.4, 0.5) is 0 Å². The predicted molar refractivity (Wildman–Crippen MR) is 109 cm³/mol. The molecule has 0 radical (unpaired) electrons. The van der Waals surface area contributed by atoms with Gasteiger partial charge in [0.2, 0.25) is 0 Å². The second-order valence-electron chi connectivity index (χ2n) is 6.93. The zero-order valence-corrected chi connectivity index (χ0v) is 15.4. The molecule has 0 amide bonds. The molecular weight excluding hydrogens is 348 g/mol. The fourth-order valence-electron chi connectivity index (χ4n) is 3.56. The summed E-state index contributed by atoms with van der Waals surface area (Å²) < 4.78 is 2.08. The van der Waals surface area contributed by atoms with Crippen molar-refractivity contribution < 1.29 is 4.79 Å². The molecule has 0 saturated heterocycles. The smallest absolute Gasteiger partial charge is 0.195 e. The molecule has 2 aliphatic heterocycles. The van der Waals surface area contributed by atoms with Gasteiger partial charge in [0.25, 0.3) is 0 Å². The van der Waals surface area contributed by atoms with Crippen LogP contribution >= 0.6 is 0 Å². The third-order valence-corrected chi connectivity index (χ3v) is 4.95. The third-order valence-electron chi connectivity index (χ3n) is 4.95. The number of ketones is 1. The van der Waals surface area contributed by atoms with E-state index in [0.717, 1.165) is 33.7 Å². The lowest BCUT2D eigenvalue weighted by Gasteiger charge is -2.09. The molecular formula is C23H18N4O. The number of pyridine rings is 1. The van der Waals surface area contributed by atoms with Gasteiger partial charge in [0.1, 0.15) is 11.5 Å². The molecule has 0 spiro atoms. The fourth-order valence-corrected chi connectivity index (χ4v) is 3.56. The Hall–Kier alpha value is -3.73. The Kier molecular flexibility index (Phi) is 3.79. The van der Waals surface area contributed by atoms with E-state index in [2.05, 4.69) is 19.5 Å². The minimum atomic E-state index is 0.0283. The van der Waals surface area contributed by atoms with Gasteiger partial charge >= 0.3 is 0 Å². The Bertz CT molecular complexity index is 1260.